The summed E-state index contributed by atoms with van der Waals surface area (Å²) in [6, 6.07) is 0.334. The zero-order chi connectivity index (χ0) is 14.4. The Hall–Kier alpha value is -1.25. The van der Waals surface area contributed by atoms with Crippen LogP contribution in [0.2, 0.25) is 0 Å². The van der Waals surface area contributed by atoms with E-state index in [4.69, 9.17) is 10.5 Å². The second-order valence-corrected chi connectivity index (χ2v) is 5.63. The fourth-order valence-corrected chi connectivity index (χ4v) is 2.71. The average Bonchev–Trinajstić information content (AvgIpc) is 2.96. The quantitative estimate of drug-likeness (QED) is 0.649. The van der Waals surface area contributed by atoms with E-state index in [9.17, 15) is 9.90 Å². The van der Waals surface area contributed by atoms with Crippen molar-refractivity contribution in [2.45, 2.75) is 37.8 Å². The molecule has 1 aliphatic carbocycles. The molecule has 0 aromatic carbocycles. The van der Waals surface area contributed by atoms with Crippen LogP contribution in [0.15, 0.2) is 6.20 Å². The number of amides is 1. The van der Waals surface area contributed by atoms with Crippen LogP contribution >= 0.6 is 11.7 Å². The van der Waals surface area contributed by atoms with Crippen LogP contribution in [0, 0.1) is 5.92 Å². The molecule has 1 aliphatic rings. The molecule has 0 saturated heterocycles. The zero-order valence-electron chi connectivity index (χ0n) is 11.2. The van der Waals surface area contributed by atoms with Crippen LogP contribution in [0.5, 0.6) is 5.88 Å². The summed E-state index contributed by atoms with van der Waals surface area (Å²) in [5.41, 5.74) is 5.29. The lowest BCUT2D eigenvalue weighted by molar-refractivity contribution is -0.122. The van der Waals surface area contributed by atoms with Gasteiger partial charge in [0.25, 0.3) is 0 Å². The molecular weight excluding hydrogens is 280 g/mol. The normalized spacial score (nSPS) is 24.2. The topological polar surface area (TPSA) is 110 Å². The summed E-state index contributed by atoms with van der Waals surface area (Å²) in [5, 5.41) is 13.1. The molecule has 0 aliphatic heterocycles. The zero-order valence-corrected chi connectivity index (χ0v) is 12.0. The van der Waals surface area contributed by atoms with Crippen molar-refractivity contribution in [3.05, 3.63) is 6.20 Å². The third-order valence-corrected chi connectivity index (χ3v) is 4.00. The largest absolute Gasteiger partial charge is 0.473 e. The Kier molecular flexibility index (Phi) is 5.69. The highest BCUT2D eigenvalue weighted by Gasteiger charge is 2.24. The fraction of sp³-hybridized carbons (Fsp3) is 0.750. The molecule has 1 fully saturated rings. The van der Waals surface area contributed by atoms with Gasteiger partial charge < -0.3 is 20.9 Å². The van der Waals surface area contributed by atoms with Gasteiger partial charge in [-0.15, -0.1) is 4.37 Å². The second kappa shape index (κ2) is 7.51. The van der Waals surface area contributed by atoms with Crippen molar-refractivity contribution >= 4 is 17.6 Å². The minimum Gasteiger partial charge on any atom is -0.473 e. The van der Waals surface area contributed by atoms with Gasteiger partial charge >= 0.3 is 0 Å². The number of carbonyl (C=O) groups is 1. The highest BCUT2D eigenvalue weighted by Crippen LogP contribution is 2.23. The monoisotopic (exact) mass is 300 g/mol. The number of hydrogen-bond acceptors (Lipinski definition) is 7. The summed E-state index contributed by atoms with van der Waals surface area (Å²) in [4.78, 5) is 11.1. The van der Waals surface area contributed by atoms with E-state index in [1.165, 1.54) is 6.20 Å². The molecule has 112 valence electrons. The van der Waals surface area contributed by atoms with Crippen LogP contribution in [0.3, 0.4) is 0 Å². The number of carbonyl (C=O) groups excluding carboxylic acids is 1. The van der Waals surface area contributed by atoms with E-state index in [1.807, 2.05) is 0 Å². The molecule has 0 bridgehead atoms. The number of primary amides is 1. The van der Waals surface area contributed by atoms with Crippen molar-refractivity contribution < 1.29 is 14.6 Å². The predicted molar refractivity (Wildman–Crippen MR) is 74.4 cm³/mol. The van der Waals surface area contributed by atoms with Crippen molar-refractivity contribution in [1.82, 2.24) is 14.1 Å². The molecule has 1 saturated carbocycles. The van der Waals surface area contributed by atoms with Crippen LogP contribution in [0.4, 0.5) is 0 Å². The van der Waals surface area contributed by atoms with E-state index in [2.05, 4.69) is 14.1 Å². The maximum absolute atomic E-state index is 11.1. The molecule has 1 amide bonds. The van der Waals surface area contributed by atoms with Gasteiger partial charge in [-0.05, 0) is 25.7 Å². The minimum atomic E-state index is -0.592. The van der Waals surface area contributed by atoms with Crippen molar-refractivity contribution in [3.8, 4) is 5.88 Å². The third-order valence-electron chi connectivity index (χ3n) is 3.54. The Morgan fingerprint density at radius 2 is 2.30 bits per heavy atom. The molecule has 0 radical (unpaired) electrons. The lowest BCUT2D eigenvalue weighted by Gasteiger charge is -2.28. The highest BCUT2D eigenvalue weighted by atomic mass is 32.1. The lowest BCUT2D eigenvalue weighted by Crippen LogP contribution is -2.41. The molecule has 1 aromatic rings. The summed E-state index contributed by atoms with van der Waals surface area (Å²) >= 11 is 1.07. The van der Waals surface area contributed by atoms with Crippen molar-refractivity contribution in [1.29, 1.82) is 0 Å². The van der Waals surface area contributed by atoms with Crippen LogP contribution in [-0.2, 0) is 4.79 Å². The Balaban J connectivity index is 1.59. The number of ether oxygens (including phenoxy) is 1. The van der Waals surface area contributed by atoms with E-state index in [0.29, 0.717) is 18.5 Å². The number of aliphatic hydroxyl groups is 1. The lowest BCUT2D eigenvalue weighted by atomic mass is 9.85. The van der Waals surface area contributed by atoms with Crippen LogP contribution in [-0.4, -0.2) is 45.1 Å². The molecular formula is C12H20N4O3S. The molecule has 2 rings (SSSR count). The van der Waals surface area contributed by atoms with Gasteiger partial charge in [-0.2, -0.15) is 4.37 Å². The van der Waals surface area contributed by atoms with Crippen molar-refractivity contribution in [2.75, 3.05) is 13.2 Å². The average molecular weight is 300 g/mol. The standard InChI is InChI=1S/C12H20N4O3S/c13-12(18)8-1-3-9(4-2-8)14-5-10(17)7-19-11-6-15-20-16-11/h6,8-10,14,17H,1-5,7H2,(H2,13,18). The van der Waals surface area contributed by atoms with Crippen molar-refractivity contribution in [2.24, 2.45) is 11.7 Å². The Labute approximate surface area is 121 Å². The first kappa shape index (κ1) is 15.1. The first-order valence-electron chi connectivity index (χ1n) is 6.76. The van der Waals surface area contributed by atoms with E-state index < -0.39 is 6.10 Å². The van der Waals surface area contributed by atoms with Crippen LogP contribution in [0.25, 0.3) is 0 Å². The van der Waals surface area contributed by atoms with Gasteiger partial charge in [-0.25, -0.2) is 0 Å². The van der Waals surface area contributed by atoms with Gasteiger partial charge in [-0.3, -0.25) is 4.79 Å². The predicted octanol–water partition coefficient (Wildman–Crippen LogP) is -0.0885. The summed E-state index contributed by atoms with van der Waals surface area (Å²) in [7, 11) is 0. The van der Waals surface area contributed by atoms with E-state index in [1.54, 1.807) is 0 Å². The Morgan fingerprint density at radius 1 is 1.55 bits per heavy atom. The van der Waals surface area contributed by atoms with E-state index in [0.717, 1.165) is 37.4 Å². The summed E-state index contributed by atoms with van der Waals surface area (Å²) in [5.74, 6) is 0.253. The van der Waals surface area contributed by atoms with Gasteiger partial charge in [-0.1, -0.05) is 0 Å². The van der Waals surface area contributed by atoms with Crippen LogP contribution < -0.4 is 15.8 Å². The molecule has 1 heterocycles. The second-order valence-electron chi connectivity index (χ2n) is 5.07. The Bertz CT molecular complexity index is 407. The number of rotatable bonds is 7. The molecule has 8 heteroatoms. The molecule has 1 aromatic heterocycles. The smallest absolute Gasteiger partial charge is 0.245 e. The molecule has 20 heavy (non-hydrogen) atoms. The molecule has 7 nitrogen and oxygen atoms in total. The minimum absolute atomic E-state index is 0.0125. The van der Waals surface area contributed by atoms with Crippen LogP contribution in [0.1, 0.15) is 25.7 Å². The summed E-state index contributed by atoms with van der Waals surface area (Å²) in [6.45, 7) is 0.651. The fourth-order valence-electron chi connectivity index (χ4n) is 2.34. The van der Waals surface area contributed by atoms with Gasteiger partial charge in [0.1, 0.15) is 18.9 Å². The van der Waals surface area contributed by atoms with Gasteiger partial charge in [0.05, 0.1) is 11.7 Å². The number of nitrogens with one attached hydrogen (secondary N) is 1. The summed E-state index contributed by atoms with van der Waals surface area (Å²) < 4.78 is 13.0. The summed E-state index contributed by atoms with van der Waals surface area (Å²) in [6.07, 6.45) is 4.41. The molecule has 0 spiro atoms. The first-order valence-corrected chi connectivity index (χ1v) is 7.49. The first-order chi connectivity index (χ1) is 9.65. The number of aromatic nitrogens is 2. The molecule has 1 unspecified atom stereocenters. The van der Waals surface area contributed by atoms with Gasteiger partial charge in [0, 0.05) is 18.5 Å². The maximum Gasteiger partial charge on any atom is 0.245 e. The number of hydrogen-bond donors (Lipinski definition) is 3. The maximum atomic E-state index is 11.1. The van der Waals surface area contributed by atoms with E-state index >= 15 is 0 Å². The number of aliphatic hydroxyl groups excluding tert-OH is 1. The SMILES string of the molecule is NC(=O)C1CCC(NCC(O)COc2cnsn2)CC1. The number of nitrogens with zero attached hydrogens (tertiary/aromatic N) is 2. The Morgan fingerprint density at radius 3 is 2.90 bits per heavy atom. The third kappa shape index (κ3) is 4.69. The highest BCUT2D eigenvalue weighted by molar-refractivity contribution is 6.99. The molecule has 4 N–H and O–H groups in total. The molecule has 1 atom stereocenters. The van der Waals surface area contributed by atoms with Crippen molar-refractivity contribution in [3.63, 3.8) is 0 Å². The van der Waals surface area contributed by atoms with Gasteiger partial charge in [0.15, 0.2) is 0 Å². The van der Waals surface area contributed by atoms with E-state index in [-0.39, 0.29) is 18.4 Å². The number of nitrogens with two attached hydrogens (primary N) is 1. The van der Waals surface area contributed by atoms with Gasteiger partial charge in [0.2, 0.25) is 11.8 Å².